The van der Waals surface area contributed by atoms with E-state index in [4.69, 9.17) is 9.15 Å². The highest BCUT2D eigenvalue weighted by molar-refractivity contribution is 6.07. The van der Waals surface area contributed by atoms with Crippen LogP contribution in [0.3, 0.4) is 0 Å². The molecule has 0 spiro atoms. The van der Waals surface area contributed by atoms with Crippen molar-refractivity contribution in [1.82, 2.24) is 9.47 Å². The highest BCUT2D eigenvalue weighted by Gasteiger charge is 2.23. The lowest BCUT2D eigenvalue weighted by molar-refractivity contribution is 0.0284. The lowest BCUT2D eigenvalue weighted by Crippen LogP contribution is -2.40. The summed E-state index contributed by atoms with van der Waals surface area (Å²) < 4.78 is 13.3. The Morgan fingerprint density at radius 1 is 1.14 bits per heavy atom. The molecule has 0 radical (unpaired) electrons. The van der Waals surface area contributed by atoms with Gasteiger partial charge in [0.25, 0.3) is 5.91 Å². The number of hydrogen-bond acceptors (Lipinski definition) is 3. The van der Waals surface area contributed by atoms with Crippen LogP contribution in [0.2, 0.25) is 0 Å². The summed E-state index contributed by atoms with van der Waals surface area (Å²) in [4.78, 5) is 14.3. The number of hydrogen-bond donors (Lipinski definition) is 0. The zero-order valence-corrected chi connectivity index (χ0v) is 12.8. The van der Waals surface area contributed by atoms with E-state index in [1.165, 1.54) is 5.56 Å². The average molecular weight is 298 g/mol. The van der Waals surface area contributed by atoms with Crippen LogP contribution in [0, 0.1) is 6.92 Å². The van der Waals surface area contributed by atoms with Crippen molar-refractivity contribution in [3.05, 3.63) is 35.6 Å². The third-order valence-corrected chi connectivity index (χ3v) is 4.34. The zero-order valence-electron chi connectivity index (χ0n) is 12.8. The maximum absolute atomic E-state index is 12.5. The second-order valence-corrected chi connectivity index (χ2v) is 5.81. The van der Waals surface area contributed by atoms with E-state index in [9.17, 15) is 4.79 Å². The summed E-state index contributed by atoms with van der Waals surface area (Å²) >= 11 is 0. The Bertz CT molecular complexity index is 869. The van der Waals surface area contributed by atoms with E-state index in [-0.39, 0.29) is 5.91 Å². The van der Waals surface area contributed by atoms with Gasteiger partial charge >= 0.3 is 0 Å². The van der Waals surface area contributed by atoms with Gasteiger partial charge in [0.15, 0.2) is 11.3 Å². The van der Waals surface area contributed by atoms with Gasteiger partial charge in [0.1, 0.15) is 0 Å². The van der Waals surface area contributed by atoms with Gasteiger partial charge < -0.3 is 18.6 Å². The molecule has 3 aromatic rings. The molecule has 1 fully saturated rings. The molecule has 3 heterocycles. The number of aryl methyl sites for hydroxylation is 2. The van der Waals surface area contributed by atoms with Gasteiger partial charge in [0, 0.05) is 31.6 Å². The minimum Gasteiger partial charge on any atom is -0.449 e. The number of carbonyl (C=O) groups excluding carboxylic acids is 1. The molecule has 1 aliphatic rings. The van der Waals surface area contributed by atoms with Crippen molar-refractivity contribution in [3.63, 3.8) is 0 Å². The first-order valence-electron chi connectivity index (χ1n) is 7.51. The fraction of sp³-hybridized carbons (Fsp3) is 0.353. The minimum absolute atomic E-state index is 0.0558. The van der Waals surface area contributed by atoms with E-state index in [2.05, 4.69) is 29.7 Å². The Kier molecular flexibility index (Phi) is 2.97. The first kappa shape index (κ1) is 13.4. The van der Waals surface area contributed by atoms with Crippen molar-refractivity contribution >= 4 is 27.9 Å². The molecule has 0 aliphatic carbocycles. The molecule has 4 rings (SSSR count). The van der Waals surface area contributed by atoms with Gasteiger partial charge in [-0.3, -0.25) is 4.79 Å². The summed E-state index contributed by atoms with van der Waals surface area (Å²) in [5, 5.41) is 1.05. The molecule has 5 heteroatoms. The number of ether oxygens (including phenoxy) is 1. The quantitative estimate of drug-likeness (QED) is 0.694. The number of benzene rings is 1. The number of amides is 1. The van der Waals surface area contributed by atoms with Crippen molar-refractivity contribution in [2.45, 2.75) is 6.92 Å². The fourth-order valence-electron chi connectivity index (χ4n) is 3.09. The number of aromatic nitrogens is 1. The largest absolute Gasteiger partial charge is 0.449 e. The first-order valence-corrected chi connectivity index (χ1v) is 7.51. The standard InChI is InChI=1S/C17H18N2O3/c1-11-3-4-12-13(9-11)18(2)14-10-15(22-16(12)14)17(20)19-5-7-21-8-6-19/h3-4,9-10H,5-8H2,1-2H3. The Morgan fingerprint density at radius 3 is 2.68 bits per heavy atom. The van der Waals surface area contributed by atoms with E-state index < -0.39 is 0 Å². The zero-order chi connectivity index (χ0) is 15.3. The van der Waals surface area contributed by atoms with Crippen molar-refractivity contribution < 1.29 is 13.9 Å². The number of furan rings is 1. The van der Waals surface area contributed by atoms with Crippen LogP contribution in [0.25, 0.3) is 22.0 Å². The van der Waals surface area contributed by atoms with E-state index in [1.54, 1.807) is 4.90 Å². The second kappa shape index (κ2) is 4.88. The molecular weight excluding hydrogens is 280 g/mol. The van der Waals surface area contributed by atoms with Crippen molar-refractivity contribution in [3.8, 4) is 0 Å². The lowest BCUT2D eigenvalue weighted by Gasteiger charge is -2.25. The Hall–Kier alpha value is -2.27. The van der Waals surface area contributed by atoms with Crippen LogP contribution in [-0.2, 0) is 11.8 Å². The topological polar surface area (TPSA) is 47.6 Å². The number of fused-ring (bicyclic) bond motifs is 3. The monoisotopic (exact) mass is 298 g/mol. The second-order valence-electron chi connectivity index (χ2n) is 5.81. The summed E-state index contributed by atoms with van der Waals surface area (Å²) in [5.74, 6) is 0.352. The molecular formula is C17H18N2O3. The molecule has 0 unspecified atom stereocenters. The van der Waals surface area contributed by atoms with E-state index >= 15 is 0 Å². The lowest BCUT2D eigenvalue weighted by atomic mass is 10.2. The van der Waals surface area contributed by atoms with E-state index in [0.717, 1.165) is 22.0 Å². The normalized spacial score (nSPS) is 15.8. The Labute approximate surface area is 128 Å². The molecule has 1 amide bonds. The van der Waals surface area contributed by atoms with Crippen LogP contribution in [0.4, 0.5) is 0 Å². The number of rotatable bonds is 1. The van der Waals surface area contributed by atoms with Crippen LogP contribution in [-0.4, -0.2) is 41.7 Å². The summed E-state index contributed by atoms with van der Waals surface area (Å²) in [7, 11) is 2.00. The molecule has 1 aliphatic heterocycles. The highest BCUT2D eigenvalue weighted by Crippen LogP contribution is 2.31. The van der Waals surface area contributed by atoms with Crippen LogP contribution in [0.5, 0.6) is 0 Å². The van der Waals surface area contributed by atoms with Gasteiger partial charge in [-0.2, -0.15) is 0 Å². The van der Waals surface area contributed by atoms with Crippen molar-refractivity contribution in [2.24, 2.45) is 7.05 Å². The molecule has 114 valence electrons. The van der Waals surface area contributed by atoms with Gasteiger partial charge in [-0.05, 0) is 24.6 Å². The van der Waals surface area contributed by atoms with Crippen LogP contribution in [0.15, 0.2) is 28.7 Å². The minimum atomic E-state index is -0.0558. The predicted octanol–water partition coefficient (Wildman–Crippen LogP) is 2.71. The summed E-state index contributed by atoms with van der Waals surface area (Å²) in [6.07, 6.45) is 0. The first-order chi connectivity index (χ1) is 10.6. The summed E-state index contributed by atoms with van der Waals surface area (Å²) in [6, 6.07) is 8.10. The Morgan fingerprint density at radius 2 is 1.91 bits per heavy atom. The predicted molar refractivity (Wildman–Crippen MR) is 84.2 cm³/mol. The number of nitrogens with zero attached hydrogens (tertiary/aromatic N) is 2. The van der Waals surface area contributed by atoms with Crippen LogP contribution < -0.4 is 0 Å². The molecule has 1 saturated heterocycles. The molecule has 5 nitrogen and oxygen atoms in total. The van der Waals surface area contributed by atoms with E-state index in [1.807, 2.05) is 13.1 Å². The highest BCUT2D eigenvalue weighted by atomic mass is 16.5. The van der Waals surface area contributed by atoms with Gasteiger partial charge in [-0.25, -0.2) is 0 Å². The van der Waals surface area contributed by atoms with E-state index in [0.29, 0.717) is 32.1 Å². The summed E-state index contributed by atoms with van der Waals surface area (Å²) in [6.45, 7) is 4.50. The van der Waals surface area contributed by atoms with Crippen molar-refractivity contribution in [2.75, 3.05) is 26.3 Å². The molecule has 2 aromatic heterocycles. The SMILES string of the molecule is Cc1ccc2c3oc(C(=O)N4CCOCC4)cc3n(C)c2c1. The molecule has 0 N–H and O–H groups in total. The molecule has 0 atom stereocenters. The average Bonchev–Trinajstić information content (AvgIpc) is 3.08. The van der Waals surface area contributed by atoms with Crippen LogP contribution in [0.1, 0.15) is 16.1 Å². The third-order valence-electron chi connectivity index (χ3n) is 4.34. The van der Waals surface area contributed by atoms with Gasteiger partial charge in [-0.1, -0.05) is 6.07 Å². The molecule has 22 heavy (non-hydrogen) atoms. The number of carbonyl (C=O) groups is 1. The molecule has 0 bridgehead atoms. The molecule has 0 saturated carbocycles. The third kappa shape index (κ3) is 1.93. The van der Waals surface area contributed by atoms with Gasteiger partial charge in [-0.15, -0.1) is 0 Å². The smallest absolute Gasteiger partial charge is 0.289 e. The number of morpholine rings is 1. The summed E-state index contributed by atoms with van der Waals surface area (Å²) in [5.41, 5.74) is 4.07. The fourth-order valence-corrected chi connectivity index (χ4v) is 3.09. The van der Waals surface area contributed by atoms with Gasteiger partial charge in [0.05, 0.1) is 24.2 Å². The Balaban J connectivity index is 1.81. The maximum Gasteiger partial charge on any atom is 0.289 e. The van der Waals surface area contributed by atoms with Gasteiger partial charge in [0.2, 0.25) is 0 Å². The molecule has 1 aromatic carbocycles. The van der Waals surface area contributed by atoms with Crippen molar-refractivity contribution in [1.29, 1.82) is 0 Å². The van der Waals surface area contributed by atoms with Crippen LogP contribution >= 0.6 is 0 Å². The maximum atomic E-state index is 12.5.